The van der Waals surface area contributed by atoms with Gasteiger partial charge in [-0.2, -0.15) is 0 Å². The lowest BCUT2D eigenvalue weighted by Crippen LogP contribution is -2.60. The Hall–Kier alpha value is -1.10. The third kappa shape index (κ3) is 2.42. The van der Waals surface area contributed by atoms with E-state index in [2.05, 4.69) is 10.6 Å². The molecule has 74 valence electrons. The van der Waals surface area contributed by atoms with Gasteiger partial charge in [-0.15, -0.1) is 0 Å². The number of carbonyl (C=O) groups excluding carboxylic acids is 1. The van der Waals surface area contributed by atoms with Gasteiger partial charge in [-0.05, 0) is 5.92 Å². The van der Waals surface area contributed by atoms with E-state index in [4.69, 9.17) is 5.11 Å². The van der Waals surface area contributed by atoms with E-state index in [0.29, 0.717) is 0 Å². The van der Waals surface area contributed by atoms with E-state index in [1.54, 1.807) is 0 Å². The van der Waals surface area contributed by atoms with Gasteiger partial charge in [0.15, 0.2) is 0 Å². The van der Waals surface area contributed by atoms with Gasteiger partial charge in [-0.3, -0.25) is 14.9 Å². The molecule has 0 aromatic rings. The summed E-state index contributed by atoms with van der Waals surface area (Å²) in [5.41, 5.74) is 0. The van der Waals surface area contributed by atoms with Crippen LogP contribution in [-0.2, 0) is 9.59 Å². The maximum atomic E-state index is 11.1. The van der Waals surface area contributed by atoms with Gasteiger partial charge in [0.1, 0.15) is 6.04 Å². The molecular weight excluding hydrogens is 172 g/mol. The lowest BCUT2D eigenvalue weighted by molar-refractivity contribution is -0.144. The molecule has 3 N–H and O–H groups in total. The van der Waals surface area contributed by atoms with E-state index in [1.165, 1.54) is 0 Å². The van der Waals surface area contributed by atoms with Gasteiger partial charge < -0.3 is 10.4 Å². The van der Waals surface area contributed by atoms with Gasteiger partial charge in [-0.1, -0.05) is 13.8 Å². The highest BCUT2D eigenvalue weighted by Gasteiger charge is 2.31. The Labute approximate surface area is 76.5 Å². The summed E-state index contributed by atoms with van der Waals surface area (Å²) in [5, 5.41) is 14.3. The first-order chi connectivity index (χ1) is 6.00. The van der Waals surface area contributed by atoms with Crippen molar-refractivity contribution in [3.63, 3.8) is 0 Å². The number of nitrogens with one attached hydrogen (secondary N) is 2. The fourth-order valence-electron chi connectivity index (χ4n) is 1.25. The molecule has 1 aliphatic heterocycles. The number of rotatable bonds is 2. The molecule has 1 saturated heterocycles. The van der Waals surface area contributed by atoms with Crippen molar-refractivity contribution in [1.82, 2.24) is 10.6 Å². The van der Waals surface area contributed by atoms with Gasteiger partial charge in [-0.25, -0.2) is 0 Å². The Balaban J connectivity index is 2.63. The molecule has 0 aromatic carbocycles. The molecule has 0 bridgehead atoms. The summed E-state index contributed by atoms with van der Waals surface area (Å²) in [5.74, 6) is -0.989. The minimum absolute atomic E-state index is 0.0125. The molecule has 0 unspecified atom stereocenters. The minimum Gasteiger partial charge on any atom is -0.480 e. The zero-order valence-electron chi connectivity index (χ0n) is 7.70. The van der Waals surface area contributed by atoms with E-state index >= 15 is 0 Å². The predicted octanol–water partition coefficient (Wildman–Crippen LogP) is -0.469. The molecule has 2 atom stereocenters. The topological polar surface area (TPSA) is 78.4 Å². The van der Waals surface area contributed by atoms with Crippen molar-refractivity contribution in [2.75, 3.05) is 0 Å². The maximum absolute atomic E-state index is 11.1. The summed E-state index contributed by atoms with van der Waals surface area (Å²) < 4.78 is 0. The van der Waals surface area contributed by atoms with Gasteiger partial charge in [0, 0.05) is 0 Å². The molecule has 5 heteroatoms. The molecule has 1 heterocycles. The van der Waals surface area contributed by atoms with Gasteiger partial charge in [0.05, 0.1) is 12.6 Å². The average molecular weight is 186 g/mol. The Morgan fingerprint density at radius 2 is 2.23 bits per heavy atom. The van der Waals surface area contributed by atoms with Gasteiger partial charge in [0.25, 0.3) is 0 Å². The molecule has 1 amide bonds. The van der Waals surface area contributed by atoms with Crippen LogP contribution < -0.4 is 10.6 Å². The third-order valence-corrected chi connectivity index (χ3v) is 2.05. The summed E-state index contributed by atoms with van der Waals surface area (Å²) in [4.78, 5) is 21.7. The van der Waals surface area contributed by atoms with E-state index in [1.807, 2.05) is 13.8 Å². The molecule has 0 radical (unpaired) electrons. The van der Waals surface area contributed by atoms with E-state index in [9.17, 15) is 9.59 Å². The Morgan fingerprint density at radius 3 is 2.69 bits per heavy atom. The molecule has 1 rings (SSSR count). The van der Waals surface area contributed by atoms with Crippen LogP contribution in [0.5, 0.6) is 0 Å². The number of aliphatic carboxylic acids is 1. The first-order valence-electron chi connectivity index (χ1n) is 4.29. The molecule has 0 spiro atoms. The third-order valence-electron chi connectivity index (χ3n) is 2.05. The quantitative estimate of drug-likeness (QED) is 0.545. The van der Waals surface area contributed by atoms with Crippen LogP contribution in [0.4, 0.5) is 0 Å². The molecule has 1 aliphatic rings. The van der Waals surface area contributed by atoms with Crippen LogP contribution in [0.15, 0.2) is 0 Å². The van der Waals surface area contributed by atoms with Crippen molar-refractivity contribution in [3.05, 3.63) is 0 Å². The fraction of sp³-hybridized carbons (Fsp3) is 0.750. The van der Waals surface area contributed by atoms with Crippen molar-refractivity contribution in [3.8, 4) is 0 Å². The second-order valence-corrected chi connectivity index (χ2v) is 3.55. The Morgan fingerprint density at radius 1 is 1.62 bits per heavy atom. The van der Waals surface area contributed by atoms with Crippen LogP contribution in [0.25, 0.3) is 0 Å². The smallest absolute Gasteiger partial charge is 0.321 e. The number of hydrogen-bond acceptors (Lipinski definition) is 3. The lowest BCUT2D eigenvalue weighted by atomic mass is 10.0. The molecule has 0 aromatic heterocycles. The highest BCUT2D eigenvalue weighted by Crippen LogP contribution is 2.07. The molecule has 5 nitrogen and oxygen atoms in total. The first-order valence-corrected chi connectivity index (χ1v) is 4.29. The van der Waals surface area contributed by atoms with E-state index in [-0.39, 0.29) is 24.4 Å². The Bertz CT molecular complexity index is 227. The normalized spacial score (nSPS) is 28.7. The zero-order chi connectivity index (χ0) is 10.0. The average Bonchev–Trinajstić information content (AvgIpc) is 2.03. The van der Waals surface area contributed by atoms with E-state index < -0.39 is 12.0 Å². The maximum Gasteiger partial charge on any atom is 0.321 e. The summed E-state index contributed by atoms with van der Waals surface area (Å²) in [7, 11) is 0. The molecular formula is C8H14N2O3. The number of amides is 1. The zero-order valence-corrected chi connectivity index (χ0v) is 7.70. The van der Waals surface area contributed by atoms with Crippen molar-refractivity contribution in [2.24, 2.45) is 5.92 Å². The SMILES string of the molecule is CC(C)[C@H]1NC(=O)C[C@@H](C(=O)O)N1. The van der Waals surface area contributed by atoms with Crippen LogP contribution in [0, 0.1) is 5.92 Å². The van der Waals surface area contributed by atoms with Crippen LogP contribution in [0.1, 0.15) is 20.3 Å². The van der Waals surface area contributed by atoms with Gasteiger partial charge in [0.2, 0.25) is 5.91 Å². The van der Waals surface area contributed by atoms with Crippen molar-refractivity contribution in [2.45, 2.75) is 32.5 Å². The van der Waals surface area contributed by atoms with Crippen LogP contribution in [0.3, 0.4) is 0 Å². The Kier molecular flexibility index (Phi) is 2.87. The summed E-state index contributed by atoms with van der Waals surface area (Å²) in [6.07, 6.45) is -0.221. The second-order valence-electron chi connectivity index (χ2n) is 3.55. The number of carboxylic acid groups (broad SMARTS) is 1. The van der Waals surface area contributed by atoms with Crippen molar-refractivity contribution < 1.29 is 14.7 Å². The van der Waals surface area contributed by atoms with E-state index in [0.717, 1.165) is 0 Å². The standard InChI is InChI=1S/C8H14N2O3/c1-4(2)7-9-5(8(12)13)3-6(11)10-7/h4-5,7,9H,3H2,1-2H3,(H,10,11)(H,12,13)/t5-,7+/m0/s1. The monoisotopic (exact) mass is 186 g/mol. The van der Waals surface area contributed by atoms with Crippen LogP contribution >= 0.6 is 0 Å². The minimum atomic E-state index is -0.972. The first kappa shape index (κ1) is 9.98. The van der Waals surface area contributed by atoms with Crippen molar-refractivity contribution in [1.29, 1.82) is 0 Å². The highest BCUT2D eigenvalue weighted by atomic mass is 16.4. The molecule has 0 saturated carbocycles. The fourth-order valence-corrected chi connectivity index (χ4v) is 1.25. The lowest BCUT2D eigenvalue weighted by Gasteiger charge is -2.31. The molecule has 13 heavy (non-hydrogen) atoms. The van der Waals surface area contributed by atoms with Gasteiger partial charge >= 0.3 is 5.97 Å². The van der Waals surface area contributed by atoms with Crippen LogP contribution in [0.2, 0.25) is 0 Å². The summed E-state index contributed by atoms with van der Waals surface area (Å²) >= 11 is 0. The summed E-state index contributed by atoms with van der Waals surface area (Å²) in [6, 6.07) is -0.749. The van der Waals surface area contributed by atoms with Crippen LogP contribution in [-0.4, -0.2) is 29.2 Å². The number of carbonyl (C=O) groups is 2. The predicted molar refractivity (Wildman–Crippen MR) is 45.9 cm³/mol. The molecule has 1 fully saturated rings. The largest absolute Gasteiger partial charge is 0.480 e. The number of carboxylic acids is 1. The highest BCUT2D eigenvalue weighted by molar-refractivity contribution is 5.85. The summed E-state index contributed by atoms with van der Waals surface area (Å²) in [6.45, 7) is 3.84. The number of hydrogen-bond donors (Lipinski definition) is 3. The second kappa shape index (κ2) is 3.74. The molecule has 0 aliphatic carbocycles. The van der Waals surface area contributed by atoms with Crippen molar-refractivity contribution >= 4 is 11.9 Å².